The number of piperidine rings is 1. The van der Waals surface area contributed by atoms with Crippen LogP contribution in [-0.4, -0.2) is 38.4 Å². The fourth-order valence-corrected chi connectivity index (χ4v) is 5.21. The molecule has 0 radical (unpaired) electrons. The lowest BCUT2D eigenvalue weighted by Gasteiger charge is -2.24. The minimum absolute atomic E-state index is 0.304. The number of rotatable bonds is 2. The summed E-state index contributed by atoms with van der Waals surface area (Å²) in [5, 5.41) is 3.93. The van der Waals surface area contributed by atoms with Crippen molar-refractivity contribution in [2.45, 2.75) is 30.7 Å². The van der Waals surface area contributed by atoms with Gasteiger partial charge in [-0.1, -0.05) is 17.7 Å². The van der Waals surface area contributed by atoms with Crippen molar-refractivity contribution < 1.29 is 8.42 Å². The van der Waals surface area contributed by atoms with E-state index < -0.39 is 10.0 Å². The molecule has 20 heavy (non-hydrogen) atoms. The van der Waals surface area contributed by atoms with Gasteiger partial charge < -0.3 is 5.32 Å². The van der Waals surface area contributed by atoms with E-state index in [9.17, 15) is 8.42 Å². The Bertz CT molecular complexity index is 604. The molecule has 0 amide bonds. The molecule has 2 aliphatic rings. The molecule has 2 atom stereocenters. The van der Waals surface area contributed by atoms with E-state index in [0.29, 0.717) is 40.5 Å². The average Bonchev–Trinajstić information content (AvgIpc) is 2.86. The normalized spacial score (nSPS) is 27.5. The van der Waals surface area contributed by atoms with Gasteiger partial charge in [-0.2, -0.15) is 4.31 Å². The topological polar surface area (TPSA) is 49.4 Å². The monoisotopic (exact) mass is 314 g/mol. The lowest BCUT2D eigenvalue weighted by atomic mass is 9.94. The van der Waals surface area contributed by atoms with Crippen LogP contribution in [0.5, 0.6) is 0 Å². The standard InChI is InChI=1S/C14H19ClN2O2S/c1-10-12(15)5-2-6-14(10)20(18,19)17-8-11-4-3-7-16-13(11)9-17/h2,5-6,11,13,16H,3-4,7-9H2,1H3/t11-,13+/m0/s1. The van der Waals surface area contributed by atoms with Crippen molar-refractivity contribution in [3.63, 3.8) is 0 Å². The van der Waals surface area contributed by atoms with E-state index in [4.69, 9.17) is 11.6 Å². The minimum Gasteiger partial charge on any atom is -0.312 e. The summed E-state index contributed by atoms with van der Waals surface area (Å²) >= 11 is 6.05. The van der Waals surface area contributed by atoms with Crippen molar-refractivity contribution in [2.24, 2.45) is 5.92 Å². The summed E-state index contributed by atoms with van der Waals surface area (Å²) in [4.78, 5) is 0.337. The molecular weight excluding hydrogens is 296 g/mol. The van der Waals surface area contributed by atoms with Gasteiger partial charge >= 0.3 is 0 Å². The van der Waals surface area contributed by atoms with E-state index in [2.05, 4.69) is 5.32 Å². The zero-order valence-electron chi connectivity index (χ0n) is 11.5. The summed E-state index contributed by atoms with van der Waals surface area (Å²) < 4.78 is 27.2. The molecule has 110 valence electrons. The summed E-state index contributed by atoms with van der Waals surface area (Å²) in [7, 11) is -3.44. The van der Waals surface area contributed by atoms with Crippen LogP contribution in [0.1, 0.15) is 18.4 Å². The molecule has 6 heteroatoms. The fourth-order valence-electron chi connectivity index (χ4n) is 3.21. The zero-order chi connectivity index (χ0) is 14.3. The van der Waals surface area contributed by atoms with Gasteiger partial charge in [0.2, 0.25) is 10.0 Å². The third-order valence-corrected chi connectivity index (χ3v) is 6.79. The second-order valence-corrected chi connectivity index (χ2v) is 7.96. The maximum absolute atomic E-state index is 12.8. The second-order valence-electron chi connectivity index (χ2n) is 5.65. The molecule has 0 aromatic heterocycles. The molecule has 0 unspecified atom stereocenters. The molecule has 2 aliphatic heterocycles. The highest BCUT2D eigenvalue weighted by Gasteiger charge is 2.40. The van der Waals surface area contributed by atoms with Gasteiger partial charge in [-0.25, -0.2) is 8.42 Å². The predicted molar refractivity (Wildman–Crippen MR) is 79.5 cm³/mol. The lowest BCUT2D eigenvalue weighted by molar-refractivity contribution is 0.339. The van der Waals surface area contributed by atoms with Crippen LogP contribution in [0.3, 0.4) is 0 Å². The molecular formula is C14H19ClN2O2S. The maximum atomic E-state index is 12.8. The van der Waals surface area contributed by atoms with Crippen molar-refractivity contribution in [2.75, 3.05) is 19.6 Å². The van der Waals surface area contributed by atoms with Crippen LogP contribution in [0.4, 0.5) is 0 Å². The molecule has 2 saturated heterocycles. The molecule has 1 aromatic carbocycles. The third kappa shape index (κ3) is 2.37. The summed E-state index contributed by atoms with van der Waals surface area (Å²) in [6.07, 6.45) is 2.24. The van der Waals surface area contributed by atoms with Crippen LogP contribution in [0.25, 0.3) is 0 Å². The second kappa shape index (κ2) is 5.30. The van der Waals surface area contributed by atoms with E-state index in [1.54, 1.807) is 29.4 Å². The Kier molecular flexibility index (Phi) is 3.79. The Labute approximate surface area is 125 Å². The Hall–Kier alpha value is -0.620. The van der Waals surface area contributed by atoms with Crippen LogP contribution in [0.2, 0.25) is 5.02 Å². The third-order valence-electron chi connectivity index (χ3n) is 4.40. The van der Waals surface area contributed by atoms with Crippen molar-refractivity contribution in [1.82, 2.24) is 9.62 Å². The van der Waals surface area contributed by atoms with Crippen molar-refractivity contribution in [1.29, 1.82) is 0 Å². The van der Waals surface area contributed by atoms with E-state index in [1.807, 2.05) is 0 Å². The van der Waals surface area contributed by atoms with Gasteiger partial charge in [-0.05, 0) is 49.9 Å². The van der Waals surface area contributed by atoms with Gasteiger partial charge in [0, 0.05) is 24.2 Å². The van der Waals surface area contributed by atoms with Crippen LogP contribution in [0.15, 0.2) is 23.1 Å². The highest BCUT2D eigenvalue weighted by atomic mass is 35.5. The lowest BCUT2D eigenvalue weighted by Crippen LogP contribution is -2.41. The summed E-state index contributed by atoms with van der Waals surface area (Å²) in [5.41, 5.74) is 0.636. The van der Waals surface area contributed by atoms with Gasteiger partial charge in [0.25, 0.3) is 0 Å². The first kappa shape index (κ1) is 14.3. The van der Waals surface area contributed by atoms with Crippen molar-refractivity contribution >= 4 is 21.6 Å². The van der Waals surface area contributed by atoms with Crippen LogP contribution in [-0.2, 0) is 10.0 Å². The van der Waals surface area contributed by atoms with Crippen molar-refractivity contribution in [3.8, 4) is 0 Å². The molecule has 0 bridgehead atoms. The first-order valence-electron chi connectivity index (χ1n) is 6.99. The average molecular weight is 315 g/mol. The summed E-state index contributed by atoms with van der Waals surface area (Å²) in [5.74, 6) is 0.443. The van der Waals surface area contributed by atoms with Crippen LogP contribution in [0, 0.1) is 12.8 Å². The van der Waals surface area contributed by atoms with E-state index in [1.165, 1.54) is 0 Å². The molecule has 4 nitrogen and oxygen atoms in total. The molecule has 0 aliphatic carbocycles. The molecule has 1 aromatic rings. The van der Waals surface area contributed by atoms with E-state index in [-0.39, 0.29) is 0 Å². The first-order chi connectivity index (χ1) is 9.50. The minimum atomic E-state index is -3.44. The van der Waals surface area contributed by atoms with Gasteiger partial charge in [0.05, 0.1) is 4.90 Å². The number of nitrogens with one attached hydrogen (secondary N) is 1. The zero-order valence-corrected chi connectivity index (χ0v) is 13.0. The predicted octanol–water partition coefficient (Wildman–Crippen LogP) is 2.02. The number of nitrogens with zero attached hydrogens (tertiary/aromatic N) is 1. The number of hydrogen-bond donors (Lipinski definition) is 1. The Morgan fingerprint density at radius 1 is 1.35 bits per heavy atom. The smallest absolute Gasteiger partial charge is 0.243 e. The number of sulfonamides is 1. The van der Waals surface area contributed by atoms with Crippen molar-refractivity contribution in [3.05, 3.63) is 28.8 Å². The summed E-state index contributed by atoms with van der Waals surface area (Å²) in [6, 6.07) is 5.37. The Balaban J connectivity index is 1.91. The molecule has 3 rings (SSSR count). The number of benzene rings is 1. The van der Waals surface area contributed by atoms with Gasteiger partial charge in [0.15, 0.2) is 0 Å². The highest BCUT2D eigenvalue weighted by Crippen LogP contribution is 2.31. The summed E-state index contributed by atoms with van der Waals surface area (Å²) in [6.45, 7) is 3.94. The van der Waals surface area contributed by atoms with Crippen LogP contribution < -0.4 is 5.32 Å². The fraction of sp³-hybridized carbons (Fsp3) is 0.571. The largest absolute Gasteiger partial charge is 0.312 e. The maximum Gasteiger partial charge on any atom is 0.243 e. The van der Waals surface area contributed by atoms with Gasteiger partial charge in [0.1, 0.15) is 0 Å². The molecule has 1 N–H and O–H groups in total. The molecule has 2 fully saturated rings. The van der Waals surface area contributed by atoms with E-state index in [0.717, 1.165) is 19.4 Å². The van der Waals surface area contributed by atoms with Gasteiger partial charge in [-0.3, -0.25) is 0 Å². The first-order valence-corrected chi connectivity index (χ1v) is 8.80. The highest BCUT2D eigenvalue weighted by molar-refractivity contribution is 7.89. The molecule has 0 spiro atoms. The molecule has 0 saturated carbocycles. The van der Waals surface area contributed by atoms with E-state index >= 15 is 0 Å². The molecule has 2 heterocycles. The quantitative estimate of drug-likeness (QED) is 0.908. The van der Waals surface area contributed by atoms with Crippen LogP contribution >= 0.6 is 11.6 Å². The number of fused-ring (bicyclic) bond motifs is 1. The Morgan fingerprint density at radius 3 is 2.90 bits per heavy atom. The Morgan fingerprint density at radius 2 is 2.15 bits per heavy atom. The van der Waals surface area contributed by atoms with Gasteiger partial charge in [-0.15, -0.1) is 0 Å². The number of hydrogen-bond acceptors (Lipinski definition) is 3. The number of halogens is 1. The SMILES string of the molecule is Cc1c(Cl)cccc1S(=O)(=O)N1C[C@@H]2CCCN[C@@H]2C1.